The number of thioether (sulfide) groups is 1. The number of hydrogen-bond acceptors (Lipinski definition) is 6. The normalized spacial score (nSPS) is 15.2. The standard InChI is InChI=1S/C26H31N5O2S/c1-6-14-34-26-29-25-27-18(5)22(24(32)28-21-13-8-7-10-17(21)4)23(31(25)30-26)19-11-9-12-20(15-19)33-16(2)3/h7-13,15-16,23H,6,14H2,1-5H3,(H,28,32)(H,27,29,30). The highest BCUT2D eigenvalue weighted by molar-refractivity contribution is 7.99. The molecule has 0 aliphatic carbocycles. The van der Waals surface area contributed by atoms with Gasteiger partial charge in [0.05, 0.1) is 11.7 Å². The first-order valence-electron chi connectivity index (χ1n) is 11.6. The maximum Gasteiger partial charge on any atom is 0.255 e. The minimum absolute atomic E-state index is 0.0448. The summed E-state index contributed by atoms with van der Waals surface area (Å²) in [6, 6.07) is 15.2. The third-order valence-electron chi connectivity index (χ3n) is 5.45. The molecule has 1 aliphatic heterocycles. The largest absolute Gasteiger partial charge is 0.491 e. The molecule has 1 atom stereocenters. The lowest BCUT2D eigenvalue weighted by molar-refractivity contribution is -0.113. The van der Waals surface area contributed by atoms with Gasteiger partial charge in [0.15, 0.2) is 0 Å². The van der Waals surface area contributed by atoms with Crippen LogP contribution in [0.4, 0.5) is 11.6 Å². The average molecular weight is 478 g/mol. The summed E-state index contributed by atoms with van der Waals surface area (Å²) in [7, 11) is 0. The lowest BCUT2D eigenvalue weighted by Gasteiger charge is -2.29. The number of carbonyl (C=O) groups excluding carboxylic acids is 1. The fourth-order valence-corrected chi connectivity index (χ4v) is 4.60. The van der Waals surface area contributed by atoms with Crippen molar-refractivity contribution in [2.45, 2.75) is 58.3 Å². The maximum atomic E-state index is 13.7. The summed E-state index contributed by atoms with van der Waals surface area (Å²) >= 11 is 1.61. The number of para-hydroxylation sites is 1. The van der Waals surface area contributed by atoms with Crippen molar-refractivity contribution in [2.75, 3.05) is 16.4 Å². The molecule has 2 heterocycles. The molecule has 7 nitrogen and oxygen atoms in total. The van der Waals surface area contributed by atoms with Gasteiger partial charge in [-0.25, -0.2) is 4.68 Å². The first kappa shape index (κ1) is 23.9. The smallest absolute Gasteiger partial charge is 0.255 e. The Balaban J connectivity index is 1.78. The number of nitrogens with zero attached hydrogens (tertiary/aromatic N) is 3. The molecule has 2 aromatic carbocycles. The van der Waals surface area contributed by atoms with Gasteiger partial charge in [0, 0.05) is 17.1 Å². The Morgan fingerprint density at radius 3 is 2.74 bits per heavy atom. The van der Waals surface area contributed by atoms with Crippen LogP contribution in [0.2, 0.25) is 0 Å². The number of benzene rings is 2. The van der Waals surface area contributed by atoms with Gasteiger partial charge in [-0.3, -0.25) is 4.79 Å². The number of nitrogens with one attached hydrogen (secondary N) is 2. The van der Waals surface area contributed by atoms with E-state index in [9.17, 15) is 4.79 Å². The number of aromatic nitrogens is 3. The molecule has 0 spiro atoms. The van der Waals surface area contributed by atoms with Crippen LogP contribution in [0.5, 0.6) is 5.75 Å². The van der Waals surface area contributed by atoms with Gasteiger partial charge < -0.3 is 15.4 Å². The summed E-state index contributed by atoms with van der Waals surface area (Å²) in [5.41, 5.74) is 4.04. The molecule has 8 heteroatoms. The third-order valence-corrected chi connectivity index (χ3v) is 6.50. The quantitative estimate of drug-likeness (QED) is 0.399. The Morgan fingerprint density at radius 2 is 2.00 bits per heavy atom. The molecule has 178 valence electrons. The van der Waals surface area contributed by atoms with Gasteiger partial charge in [0.25, 0.3) is 5.91 Å². The van der Waals surface area contributed by atoms with Gasteiger partial charge in [0.2, 0.25) is 11.1 Å². The number of amides is 1. The van der Waals surface area contributed by atoms with Gasteiger partial charge in [-0.2, -0.15) is 4.98 Å². The Labute approximate surface area is 205 Å². The Bertz CT molecular complexity index is 1220. The molecule has 0 saturated carbocycles. The summed E-state index contributed by atoms with van der Waals surface area (Å²) in [5, 5.41) is 11.9. The molecule has 4 rings (SSSR count). The van der Waals surface area contributed by atoms with Crippen molar-refractivity contribution in [3.05, 3.63) is 70.9 Å². The molecule has 2 N–H and O–H groups in total. The Morgan fingerprint density at radius 1 is 1.21 bits per heavy atom. The van der Waals surface area contributed by atoms with E-state index in [1.54, 1.807) is 11.8 Å². The van der Waals surface area contributed by atoms with E-state index < -0.39 is 6.04 Å². The number of allylic oxidation sites excluding steroid dienone is 1. The predicted octanol–water partition coefficient (Wildman–Crippen LogP) is 5.80. The number of hydrogen-bond donors (Lipinski definition) is 2. The molecule has 0 fully saturated rings. The zero-order valence-electron chi connectivity index (χ0n) is 20.3. The van der Waals surface area contributed by atoms with Gasteiger partial charge in [-0.15, -0.1) is 5.10 Å². The van der Waals surface area contributed by atoms with Crippen molar-refractivity contribution >= 4 is 29.3 Å². The van der Waals surface area contributed by atoms with Crippen LogP contribution in [-0.4, -0.2) is 32.5 Å². The molecule has 1 amide bonds. The summed E-state index contributed by atoms with van der Waals surface area (Å²) in [6.07, 6.45) is 1.07. The summed E-state index contributed by atoms with van der Waals surface area (Å²) in [5.74, 6) is 2.13. The number of aryl methyl sites for hydroxylation is 1. The number of rotatable bonds is 8. The van der Waals surface area contributed by atoms with Crippen molar-refractivity contribution in [1.82, 2.24) is 14.8 Å². The molecule has 0 radical (unpaired) electrons. The Kier molecular flexibility index (Phi) is 7.26. The molecular formula is C26H31N5O2S. The average Bonchev–Trinajstić information content (AvgIpc) is 3.20. The second-order valence-corrected chi connectivity index (χ2v) is 9.65. The van der Waals surface area contributed by atoms with Gasteiger partial charge >= 0.3 is 0 Å². The highest BCUT2D eigenvalue weighted by Crippen LogP contribution is 2.38. The van der Waals surface area contributed by atoms with Crippen LogP contribution in [0.25, 0.3) is 0 Å². The van der Waals surface area contributed by atoms with Crippen LogP contribution in [0.3, 0.4) is 0 Å². The van der Waals surface area contributed by atoms with Crippen molar-refractivity contribution in [1.29, 1.82) is 0 Å². The second kappa shape index (κ2) is 10.3. The second-order valence-electron chi connectivity index (χ2n) is 8.59. The summed E-state index contributed by atoms with van der Waals surface area (Å²) < 4.78 is 7.76. The van der Waals surface area contributed by atoms with Crippen LogP contribution < -0.4 is 15.4 Å². The summed E-state index contributed by atoms with van der Waals surface area (Å²) in [4.78, 5) is 18.3. The molecule has 1 unspecified atom stereocenters. The van der Waals surface area contributed by atoms with Crippen molar-refractivity contribution < 1.29 is 9.53 Å². The highest BCUT2D eigenvalue weighted by Gasteiger charge is 2.34. The van der Waals surface area contributed by atoms with E-state index in [1.807, 2.05) is 80.9 Å². The van der Waals surface area contributed by atoms with E-state index >= 15 is 0 Å². The van der Waals surface area contributed by atoms with E-state index in [-0.39, 0.29) is 12.0 Å². The number of anilines is 2. The lowest BCUT2D eigenvalue weighted by Crippen LogP contribution is -2.31. The zero-order chi connectivity index (χ0) is 24.2. The van der Waals surface area contributed by atoms with E-state index in [0.29, 0.717) is 16.7 Å². The van der Waals surface area contributed by atoms with E-state index in [4.69, 9.17) is 9.84 Å². The van der Waals surface area contributed by atoms with Gasteiger partial charge in [-0.1, -0.05) is 49.0 Å². The van der Waals surface area contributed by atoms with Crippen LogP contribution in [-0.2, 0) is 4.79 Å². The van der Waals surface area contributed by atoms with Crippen LogP contribution in [0.15, 0.2) is 65.0 Å². The number of ether oxygens (including phenoxy) is 1. The molecule has 0 saturated heterocycles. The SMILES string of the molecule is CCCSc1nc2n(n1)C(c1cccc(OC(C)C)c1)C(C(=O)Nc1ccccc1C)=C(C)N2. The first-order chi connectivity index (χ1) is 16.4. The fraction of sp³-hybridized carbons (Fsp3) is 0.346. The molecule has 3 aromatic rings. The fourth-order valence-electron chi connectivity index (χ4n) is 3.92. The lowest BCUT2D eigenvalue weighted by atomic mass is 9.94. The highest BCUT2D eigenvalue weighted by atomic mass is 32.2. The van der Waals surface area contributed by atoms with Crippen LogP contribution >= 0.6 is 11.8 Å². The minimum Gasteiger partial charge on any atom is -0.491 e. The van der Waals surface area contributed by atoms with E-state index in [0.717, 1.165) is 40.4 Å². The molecule has 1 aromatic heterocycles. The van der Waals surface area contributed by atoms with Gasteiger partial charge in [-0.05, 0) is 63.4 Å². The zero-order valence-corrected chi connectivity index (χ0v) is 21.1. The van der Waals surface area contributed by atoms with Crippen molar-refractivity contribution in [3.63, 3.8) is 0 Å². The van der Waals surface area contributed by atoms with Gasteiger partial charge in [0.1, 0.15) is 11.8 Å². The van der Waals surface area contributed by atoms with E-state index in [1.165, 1.54) is 0 Å². The van der Waals surface area contributed by atoms with Crippen LogP contribution in [0.1, 0.15) is 51.3 Å². The van der Waals surface area contributed by atoms with E-state index in [2.05, 4.69) is 22.5 Å². The molecular weight excluding hydrogens is 446 g/mol. The molecule has 1 aliphatic rings. The first-order valence-corrected chi connectivity index (χ1v) is 12.6. The molecule has 34 heavy (non-hydrogen) atoms. The Hall–Kier alpha value is -3.26. The predicted molar refractivity (Wildman–Crippen MR) is 138 cm³/mol. The van der Waals surface area contributed by atoms with Crippen LogP contribution in [0, 0.1) is 6.92 Å². The van der Waals surface area contributed by atoms with Crippen molar-refractivity contribution in [2.24, 2.45) is 0 Å². The topological polar surface area (TPSA) is 81.1 Å². The molecule has 0 bridgehead atoms. The number of carbonyl (C=O) groups is 1. The number of fused-ring (bicyclic) bond motifs is 1. The minimum atomic E-state index is -0.445. The van der Waals surface area contributed by atoms with Crippen molar-refractivity contribution in [3.8, 4) is 5.75 Å². The maximum absolute atomic E-state index is 13.7. The monoisotopic (exact) mass is 477 g/mol. The third kappa shape index (κ3) is 5.12. The summed E-state index contributed by atoms with van der Waals surface area (Å²) in [6.45, 7) is 10.0.